The van der Waals surface area contributed by atoms with Crippen molar-refractivity contribution in [2.45, 2.75) is 25.7 Å². The first-order chi connectivity index (χ1) is 4.63. The first kappa shape index (κ1) is 12.0. The minimum atomic E-state index is -2.03. The van der Waals surface area contributed by atoms with Crippen LogP contribution in [0.3, 0.4) is 0 Å². The Kier molecular flexibility index (Phi) is 4.20. The van der Waals surface area contributed by atoms with Crippen LogP contribution in [0, 0.1) is 0 Å². The van der Waals surface area contributed by atoms with Gasteiger partial charge >= 0.3 is 0 Å². The van der Waals surface area contributed by atoms with Gasteiger partial charge in [-0.05, 0) is 12.6 Å². The maximum atomic E-state index is 6.13. The summed E-state index contributed by atoms with van der Waals surface area (Å²) >= 11 is 18.0. The highest BCUT2D eigenvalue weighted by atomic mass is 35.7. The van der Waals surface area contributed by atoms with Crippen LogP contribution in [-0.2, 0) is 0 Å². The Morgan fingerprint density at radius 2 is 1.55 bits per heavy atom. The normalized spacial score (nSPS) is 13.3. The lowest BCUT2D eigenvalue weighted by atomic mass is 10.7. The van der Waals surface area contributed by atoms with Crippen molar-refractivity contribution in [1.29, 1.82) is 0 Å². The highest BCUT2D eigenvalue weighted by Gasteiger charge is 2.29. The van der Waals surface area contributed by atoms with E-state index in [1.165, 1.54) is 0 Å². The summed E-state index contributed by atoms with van der Waals surface area (Å²) in [6.07, 6.45) is 0. The maximum Gasteiger partial charge on any atom is 0.251 e. The van der Waals surface area contributed by atoms with Gasteiger partial charge in [-0.1, -0.05) is 18.3 Å². The summed E-state index contributed by atoms with van der Waals surface area (Å²) < 4.78 is 0. The Hall–Kier alpha value is 1.04. The molecule has 0 bridgehead atoms. The molecule has 0 atom stereocenters. The van der Waals surface area contributed by atoms with E-state index in [1.807, 2.05) is 19.6 Å². The molecule has 0 nitrogen and oxygen atoms in total. The molecule has 0 fully saturated rings. The van der Waals surface area contributed by atoms with Crippen LogP contribution in [0.2, 0.25) is 25.7 Å². The Morgan fingerprint density at radius 1 is 1.18 bits per heavy atom. The smallest absolute Gasteiger partial charge is 0.162 e. The summed E-state index contributed by atoms with van der Waals surface area (Å²) in [4.78, 5) is 0. The third-order valence-corrected chi connectivity index (χ3v) is 6.23. The fraction of sp³-hybridized carbons (Fsp3) is 0.667. The molecule has 0 unspecified atom stereocenters. The van der Waals surface area contributed by atoms with Gasteiger partial charge in [0, 0.05) is 0 Å². The predicted octanol–water partition coefficient (Wildman–Crippen LogP) is 4.08. The van der Waals surface area contributed by atoms with Gasteiger partial charge in [0.15, 0.2) is 7.38 Å². The van der Waals surface area contributed by atoms with Gasteiger partial charge in [-0.2, -0.15) is 11.1 Å². The minimum absolute atomic E-state index is 0.721. The fourth-order valence-electron chi connectivity index (χ4n) is 0.585. The highest BCUT2D eigenvalue weighted by molar-refractivity contribution is 7.45. The molecular formula is C6H13Cl3Si2. The van der Waals surface area contributed by atoms with E-state index in [2.05, 4.69) is 6.58 Å². The van der Waals surface area contributed by atoms with Crippen LogP contribution in [-0.4, -0.2) is 14.1 Å². The first-order valence-electron chi connectivity index (χ1n) is 3.38. The van der Waals surface area contributed by atoms with Crippen molar-refractivity contribution in [2.24, 2.45) is 0 Å². The molecule has 11 heavy (non-hydrogen) atoms. The molecule has 0 aromatic carbocycles. The van der Waals surface area contributed by atoms with Crippen LogP contribution >= 0.6 is 33.2 Å². The molecule has 0 N–H and O–H groups in total. The molecule has 0 aromatic heterocycles. The van der Waals surface area contributed by atoms with Crippen molar-refractivity contribution in [3.05, 3.63) is 11.8 Å². The summed E-state index contributed by atoms with van der Waals surface area (Å²) in [7, 11) is -1.73. The van der Waals surface area contributed by atoms with Crippen LogP contribution in [0.25, 0.3) is 0 Å². The van der Waals surface area contributed by atoms with E-state index >= 15 is 0 Å². The third-order valence-electron chi connectivity index (χ3n) is 1.36. The summed E-state index contributed by atoms with van der Waals surface area (Å²) in [5, 5.41) is 1.05. The minimum Gasteiger partial charge on any atom is -0.162 e. The molecule has 0 heterocycles. The fourth-order valence-corrected chi connectivity index (χ4v) is 6.32. The molecule has 0 radical (unpaired) electrons. The Bertz CT molecular complexity index is 154. The molecule has 0 saturated carbocycles. The lowest BCUT2D eigenvalue weighted by Crippen LogP contribution is -2.26. The lowest BCUT2D eigenvalue weighted by Gasteiger charge is -2.20. The monoisotopic (exact) mass is 246 g/mol. The summed E-state index contributed by atoms with van der Waals surface area (Å²) in [6, 6.07) is 0.721. The van der Waals surface area contributed by atoms with E-state index < -0.39 is 14.1 Å². The third kappa shape index (κ3) is 6.23. The molecule has 0 aliphatic heterocycles. The van der Waals surface area contributed by atoms with Crippen molar-refractivity contribution < 1.29 is 0 Å². The molecule has 0 spiro atoms. The van der Waals surface area contributed by atoms with E-state index in [9.17, 15) is 0 Å². The maximum absolute atomic E-state index is 6.13. The number of rotatable bonds is 3. The van der Waals surface area contributed by atoms with Crippen LogP contribution in [0.4, 0.5) is 0 Å². The number of allylic oxidation sites excluding steroid dienone is 1. The van der Waals surface area contributed by atoms with E-state index in [1.54, 1.807) is 0 Å². The predicted molar refractivity (Wildman–Crippen MR) is 60.6 cm³/mol. The molecule has 0 aromatic rings. The topological polar surface area (TPSA) is 0 Å². The largest absolute Gasteiger partial charge is 0.251 e. The van der Waals surface area contributed by atoms with Crippen LogP contribution in [0.15, 0.2) is 11.8 Å². The second-order valence-corrected chi connectivity index (χ2v) is 17.9. The van der Waals surface area contributed by atoms with Crippen molar-refractivity contribution in [1.82, 2.24) is 0 Å². The summed E-state index contributed by atoms with van der Waals surface area (Å²) in [5.41, 5.74) is 0. The van der Waals surface area contributed by atoms with Crippen LogP contribution in [0.1, 0.15) is 0 Å². The van der Waals surface area contributed by atoms with E-state index in [0.29, 0.717) is 0 Å². The molecular weight excluding hydrogens is 235 g/mol. The molecule has 0 amide bonds. The standard InChI is InChI=1S/C6H13Cl3Si2/c1-6(10(2,3)7)5-11(4,8)9/h1,5H2,2-4H3. The van der Waals surface area contributed by atoms with E-state index in [-0.39, 0.29) is 0 Å². The van der Waals surface area contributed by atoms with Crippen molar-refractivity contribution in [3.8, 4) is 0 Å². The van der Waals surface area contributed by atoms with Crippen molar-refractivity contribution in [3.63, 3.8) is 0 Å². The van der Waals surface area contributed by atoms with Gasteiger partial charge in [0.25, 0.3) is 6.69 Å². The number of hydrogen-bond acceptors (Lipinski definition) is 0. The second kappa shape index (κ2) is 3.84. The zero-order chi connectivity index (χ0) is 9.28. The highest BCUT2D eigenvalue weighted by Crippen LogP contribution is 2.30. The van der Waals surface area contributed by atoms with Crippen molar-refractivity contribution >= 4 is 47.3 Å². The molecule has 0 rings (SSSR count). The quantitative estimate of drug-likeness (QED) is 0.521. The average molecular weight is 248 g/mol. The molecule has 5 heteroatoms. The van der Waals surface area contributed by atoms with Gasteiger partial charge in [-0.15, -0.1) is 28.7 Å². The van der Waals surface area contributed by atoms with Gasteiger partial charge in [-0.3, -0.25) is 0 Å². The Labute approximate surface area is 84.7 Å². The van der Waals surface area contributed by atoms with E-state index in [0.717, 1.165) is 11.2 Å². The molecule has 0 saturated heterocycles. The van der Waals surface area contributed by atoms with Gasteiger partial charge in [0.2, 0.25) is 0 Å². The molecule has 0 aliphatic carbocycles. The average Bonchev–Trinajstić information content (AvgIpc) is 1.56. The van der Waals surface area contributed by atoms with Gasteiger partial charge < -0.3 is 0 Å². The Morgan fingerprint density at radius 3 is 1.64 bits per heavy atom. The first-order valence-corrected chi connectivity index (χ1v) is 12.1. The summed E-state index contributed by atoms with van der Waals surface area (Å²) in [6.45, 7) is 7.82. The molecule has 66 valence electrons. The van der Waals surface area contributed by atoms with Crippen molar-refractivity contribution in [2.75, 3.05) is 0 Å². The summed E-state index contributed by atoms with van der Waals surface area (Å²) in [5.74, 6) is 0. The van der Waals surface area contributed by atoms with Gasteiger partial charge in [-0.25, -0.2) is 0 Å². The van der Waals surface area contributed by atoms with Crippen LogP contribution in [0.5, 0.6) is 0 Å². The van der Waals surface area contributed by atoms with Gasteiger partial charge in [0.1, 0.15) is 0 Å². The lowest BCUT2D eigenvalue weighted by molar-refractivity contribution is 1.55. The molecule has 0 aliphatic rings. The Balaban J connectivity index is 4.11. The van der Waals surface area contributed by atoms with E-state index in [4.69, 9.17) is 33.2 Å². The van der Waals surface area contributed by atoms with Gasteiger partial charge in [0.05, 0.1) is 0 Å². The number of halogens is 3. The second-order valence-electron chi connectivity index (χ2n) is 3.32. The number of hydrogen-bond donors (Lipinski definition) is 0. The van der Waals surface area contributed by atoms with Crippen LogP contribution < -0.4 is 0 Å². The zero-order valence-electron chi connectivity index (χ0n) is 7.05. The zero-order valence-corrected chi connectivity index (χ0v) is 11.3. The SMILES string of the molecule is C=C(C[Si](C)(Cl)Cl)[Si](C)(C)Cl.